The smallest absolute Gasteiger partial charge is 0.379 e. The topological polar surface area (TPSA) is 105 Å². The van der Waals surface area contributed by atoms with Crippen LogP contribution < -0.4 is 0 Å². The van der Waals surface area contributed by atoms with Gasteiger partial charge in [-0.15, -0.1) is 0 Å². The maximum Gasteiger partial charge on any atom is 0.379 e. The Morgan fingerprint density at radius 1 is 0.542 bits per heavy atom. The van der Waals surface area contributed by atoms with E-state index in [1.54, 1.807) is 41.5 Å². The van der Waals surface area contributed by atoms with Crippen molar-refractivity contribution in [2.45, 2.75) is 52.7 Å². The Morgan fingerprint density at radius 2 is 0.792 bits per heavy atom. The lowest BCUT2D eigenvalue weighted by Crippen LogP contribution is -2.23. The molecule has 0 unspecified atom stereocenters. The zero-order valence-electron chi connectivity index (χ0n) is 14.6. The molecule has 24 heavy (non-hydrogen) atoms. The third kappa shape index (κ3) is 13.1. The van der Waals surface area contributed by atoms with Gasteiger partial charge in [-0.05, 0) is 41.5 Å². The molecular weight excluding hydrogens is 320 g/mol. The largest absolute Gasteiger partial charge is 0.457 e. The lowest BCUT2D eigenvalue weighted by molar-refractivity contribution is -0.250. The molecule has 0 aliphatic rings. The van der Waals surface area contributed by atoms with Crippen molar-refractivity contribution >= 4 is 23.9 Å². The Balaban J connectivity index is 4.25. The molecular formula is C16H22O8. The SMILES string of the molecule is CC(C)(C)OC(=O)/C=C/C(=O)OOC(=O)/C=C/C(=O)OC(C)(C)C. The van der Waals surface area contributed by atoms with Gasteiger partial charge in [-0.25, -0.2) is 29.0 Å². The zero-order valence-corrected chi connectivity index (χ0v) is 14.6. The highest BCUT2D eigenvalue weighted by molar-refractivity contribution is 5.93. The molecule has 0 bridgehead atoms. The minimum Gasteiger partial charge on any atom is -0.457 e. The molecule has 0 atom stereocenters. The van der Waals surface area contributed by atoms with E-state index < -0.39 is 35.1 Å². The second-order valence-electron chi connectivity index (χ2n) is 6.54. The normalized spacial score (nSPS) is 12.1. The predicted molar refractivity (Wildman–Crippen MR) is 82.2 cm³/mol. The first-order valence-corrected chi connectivity index (χ1v) is 7.03. The second kappa shape index (κ2) is 8.85. The fourth-order valence-electron chi connectivity index (χ4n) is 1.08. The standard InChI is InChI=1S/C16H22O8/c1-15(2,3)21-11(17)7-9-13(19)23-24-14(20)10-8-12(18)22-16(4,5)6/h7-10H,1-6H3/b9-7+,10-8+. The van der Waals surface area contributed by atoms with Gasteiger partial charge in [0.25, 0.3) is 0 Å². The highest BCUT2D eigenvalue weighted by Crippen LogP contribution is 2.08. The molecule has 134 valence electrons. The van der Waals surface area contributed by atoms with Gasteiger partial charge in [0.1, 0.15) is 11.2 Å². The Hall–Kier alpha value is -2.64. The summed E-state index contributed by atoms with van der Waals surface area (Å²) in [7, 11) is 0. The second-order valence-corrected chi connectivity index (χ2v) is 6.54. The van der Waals surface area contributed by atoms with E-state index in [4.69, 9.17) is 9.47 Å². The maximum absolute atomic E-state index is 11.3. The van der Waals surface area contributed by atoms with Crippen LogP contribution in [0.5, 0.6) is 0 Å². The summed E-state index contributed by atoms with van der Waals surface area (Å²) in [5.41, 5.74) is -1.41. The molecule has 0 aliphatic carbocycles. The van der Waals surface area contributed by atoms with Gasteiger partial charge in [-0.1, -0.05) is 0 Å². The summed E-state index contributed by atoms with van der Waals surface area (Å²) >= 11 is 0. The molecule has 0 aromatic carbocycles. The van der Waals surface area contributed by atoms with Crippen LogP contribution in [0.3, 0.4) is 0 Å². The number of rotatable bonds is 4. The van der Waals surface area contributed by atoms with Crippen molar-refractivity contribution in [1.29, 1.82) is 0 Å². The monoisotopic (exact) mass is 342 g/mol. The van der Waals surface area contributed by atoms with Crippen LogP contribution in [0.4, 0.5) is 0 Å². The van der Waals surface area contributed by atoms with E-state index in [2.05, 4.69) is 9.78 Å². The summed E-state index contributed by atoms with van der Waals surface area (Å²) in [6.07, 6.45) is 3.13. The van der Waals surface area contributed by atoms with Gasteiger partial charge in [0.15, 0.2) is 0 Å². The number of ether oxygens (including phenoxy) is 2. The Labute approximate surface area is 140 Å². The van der Waals surface area contributed by atoms with Crippen molar-refractivity contribution in [3.05, 3.63) is 24.3 Å². The van der Waals surface area contributed by atoms with Crippen LogP contribution in [0.25, 0.3) is 0 Å². The molecule has 8 nitrogen and oxygen atoms in total. The van der Waals surface area contributed by atoms with Gasteiger partial charge in [-0.3, -0.25) is 0 Å². The Bertz CT molecular complexity index is 493. The summed E-state index contributed by atoms with van der Waals surface area (Å²) in [5, 5.41) is 0. The van der Waals surface area contributed by atoms with E-state index in [1.807, 2.05) is 0 Å². The van der Waals surface area contributed by atoms with Crippen LogP contribution in [0.15, 0.2) is 24.3 Å². The van der Waals surface area contributed by atoms with Crippen LogP contribution in [0, 0.1) is 0 Å². The molecule has 0 aliphatic heterocycles. The van der Waals surface area contributed by atoms with E-state index in [-0.39, 0.29) is 0 Å². The average molecular weight is 342 g/mol. The van der Waals surface area contributed by atoms with Gasteiger partial charge in [-0.2, -0.15) is 0 Å². The number of carbonyl (C=O) groups excluding carboxylic acids is 4. The molecule has 0 aromatic heterocycles. The number of esters is 2. The quantitative estimate of drug-likeness (QED) is 0.329. The van der Waals surface area contributed by atoms with E-state index >= 15 is 0 Å². The molecule has 0 fully saturated rings. The molecule has 0 aromatic rings. The van der Waals surface area contributed by atoms with E-state index in [9.17, 15) is 19.2 Å². The first-order chi connectivity index (χ1) is 10.8. The minimum atomic E-state index is -1.10. The summed E-state index contributed by atoms with van der Waals surface area (Å²) < 4.78 is 9.83. The molecule has 0 saturated carbocycles. The summed E-state index contributed by atoms with van der Waals surface area (Å²) in [6.45, 7) is 9.98. The van der Waals surface area contributed by atoms with Crippen molar-refractivity contribution in [3.8, 4) is 0 Å². The number of carbonyl (C=O) groups is 4. The Kier molecular flexibility index (Phi) is 7.88. The van der Waals surface area contributed by atoms with Crippen molar-refractivity contribution in [2.75, 3.05) is 0 Å². The van der Waals surface area contributed by atoms with Crippen LogP contribution in [0.1, 0.15) is 41.5 Å². The first kappa shape index (κ1) is 21.4. The Morgan fingerprint density at radius 3 is 1.04 bits per heavy atom. The average Bonchev–Trinajstić information content (AvgIpc) is 2.36. The zero-order chi connectivity index (χ0) is 19.0. The third-order valence-corrected chi connectivity index (χ3v) is 1.73. The van der Waals surface area contributed by atoms with Crippen molar-refractivity contribution in [1.82, 2.24) is 0 Å². The van der Waals surface area contributed by atoms with Crippen molar-refractivity contribution in [2.24, 2.45) is 0 Å². The lowest BCUT2D eigenvalue weighted by atomic mass is 10.2. The highest BCUT2D eigenvalue weighted by atomic mass is 17.2. The van der Waals surface area contributed by atoms with Crippen LogP contribution in [-0.2, 0) is 38.4 Å². The number of hydrogen-bond acceptors (Lipinski definition) is 8. The third-order valence-electron chi connectivity index (χ3n) is 1.73. The van der Waals surface area contributed by atoms with E-state index in [1.165, 1.54) is 0 Å². The van der Waals surface area contributed by atoms with Gasteiger partial charge < -0.3 is 9.47 Å². The predicted octanol–water partition coefficient (Wildman–Crippen LogP) is 1.78. The van der Waals surface area contributed by atoms with Crippen LogP contribution in [0.2, 0.25) is 0 Å². The minimum absolute atomic E-state index is 0.704. The highest BCUT2D eigenvalue weighted by Gasteiger charge is 2.15. The molecule has 8 heteroatoms. The molecule has 0 saturated heterocycles. The summed E-state index contributed by atoms with van der Waals surface area (Å²) in [4.78, 5) is 53.3. The van der Waals surface area contributed by atoms with Crippen LogP contribution >= 0.6 is 0 Å². The van der Waals surface area contributed by atoms with Gasteiger partial charge >= 0.3 is 23.9 Å². The van der Waals surface area contributed by atoms with Crippen LogP contribution in [-0.4, -0.2) is 35.1 Å². The summed E-state index contributed by atoms with van der Waals surface area (Å²) in [6, 6.07) is 0. The molecule has 0 spiro atoms. The van der Waals surface area contributed by atoms with Gasteiger partial charge in [0.05, 0.1) is 0 Å². The maximum atomic E-state index is 11.3. The molecule has 0 heterocycles. The van der Waals surface area contributed by atoms with E-state index in [0.717, 1.165) is 24.3 Å². The summed E-state index contributed by atoms with van der Waals surface area (Å²) in [5.74, 6) is -3.70. The van der Waals surface area contributed by atoms with Crippen molar-refractivity contribution < 1.29 is 38.4 Å². The molecule has 0 N–H and O–H groups in total. The fourth-order valence-corrected chi connectivity index (χ4v) is 1.08. The van der Waals surface area contributed by atoms with Crippen molar-refractivity contribution in [3.63, 3.8) is 0 Å². The van der Waals surface area contributed by atoms with Gasteiger partial charge in [0, 0.05) is 24.3 Å². The fraction of sp³-hybridized carbons (Fsp3) is 0.500. The lowest BCUT2D eigenvalue weighted by Gasteiger charge is -2.17. The first-order valence-electron chi connectivity index (χ1n) is 7.03. The van der Waals surface area contributed by atoms with E-state index in [0.29, 0.717) is 0 Å². The number of hydrogen-bond donors (Lipinski definition) is 0. The molecule has 0 amide bonds. The van der Waals surface area contributed by atoms with Gasteiger partial charge in [0.2, 0.25) is 0 Å². The molecule has 0 rings (SSSR count). The molecule has 0 radical (unpaired) electrons.